The lowest BCUT2D eigenvalue weighted by Crippen LogP contribution is -2.39. The minimum Gasteiger partial charge on any atom is -0.357 e. The van der Waals surface area contributed by atoms with E-state index in [2.05, 4.69) is 45.8 Å². The first kappa shape index (κ1) is 22.6. The van der Waals surface area contributed by atoms with Crippen molar-refractivity contribution < 1.29 is 0 Å². The van der Waals surface area contributed by atoms with Crippen molar-refractivity contribution in [2.24, 2.45) is 4.99 Å². The molecule has 0 unspecified atom stereocenters. The van der Waals surface area contributed by atoms with Crippen LogP contribution in [0, 0.1) is 0 Å². The SMILES string of the molecule is CCNC(=NCCN1CCc2sccc2C1)NCCc1ncc(CC)s1.I. The van der Waals surface area contributed by atoms with Crippen LogP contribution < -0.4 is 10.6 Å². The molecule has 2 aromatic heterocycles. The molecular formula is C19H30IN5S2. The zero-order chi connectivity index (χ0) is 18.2. The number of aryl methyl sites for hydroxylation is 1. The Kier molecular flexibility index (Phi) is 10.0. The molecule has 0 saturated heterocycles. The van der Waals surface area contributed by atoms with Crippen molar-refractivity contribution in [1.82, 2.24) is 20.5 Å². The number of aliphatic imine (C=N–C) groups is 1. The summed E-state index contributed by atoms with van der Waals surface area (Å²) in [5, 5.41) is 10.2. The van der Waals surface area contributed by atoms with Crippen molar-refractivity contribution in [3.05, 3.63) is 38.0 Å². The van der Waals surface area contributed by atoms with Crippen molar-refractivity contribution in [2.45, 2.75) is 39.7 Å². The van der Waals surface area contributed by atoms with E-state index in [1.165, 1.54) is 21.9 Å². The number of thiazole rings is 1. The molecule has 0 aromatic carbocycles. The first-order valence-electron chi connectivity index (χ1n) is 9.51. The molecular weight excluding hydrogens is 489 g/mol. The fraction of sp³-hybridized carbons (Fsp3) is 0.579. The van der Waals surface area contributed by atoms with E-state index < -0.39 is 0 Å². The number of fused-ring (bicyclic) bond motifs is 1. The molecule has 0 fully saturated rings. The maximum Gasteiger partial charge on any atom is 0.191 e. The Morgan fingerprint density at radius 3 is 3.00 bits per heavy atom. The maximum atomic E-state index is 4.74. The summed E-state index contributed by atoms with van der Waals surface area (Å²) >= 11 is 3.71. The van der Waals surface area contributed by atoms with E-state index >= 15 is 0 Å². The average molecular weight is 520 g/mol. The van der Waals surface area contributed by atoms with Gasteiger partial charge in [0.25, 0.3) is 0 Å². The fourth-order valence-corrected chi connectivity index (χ4v) is 4.81. The molecule has 0 saturated carbocycles. The van der Waals surface area contributed by atoms with Gasteiger partial charge in [0.2, 0.25) is 0 Å². The summed E-state index contributed by atoms with van der Waals surface area (Å²) in [5.41, 5.74) is 1.50. The van der Waals surface area contributed by atoms with E-state index in [-0.39, 0.29) is 24.0 Å². The van der Waals surface area contributed by atoms with Gasteiger partial charge in [0.1, 0.15) is 0 Å². The zero-order valence-electron chi connectivity index (χ0n) is 16.2. The van der Waals surface area contributed by atoms with Crippen LogP contribution in [0.3, 0.4) is 0 Å². The number of nitrogens with zero attached hydrogens (tertiary/aromatic N) is 3. The Morgan fingerprint density at radius 1 is 1.33 bits per heavy atom. The van der Waals surface area contributed by atoms with Crippen molar-refractivity contribution in [1.29, 1.82) is 0 Å². The monoisotopic (exact) mass is 519 g/mol. The smallest absolute Gasteiger partial charge is 0.191 e. The largest absolute Gasteiger partial charge is 0.357 e. The molecule has 5 nitrogen and oxygen atoms in total. The van der Waals surface area contributed by atoms with Crippen molar-refractivity contribution in [2.75, 3.05) is 32.7 Å². The predicted octanol–water partition coefficient (Wildman–Crippen LogP) is 3.54. The summed E-state index contributed by atoms with van der Waals surface area (Å²) in [4.78, 5) is 14.6. The third-order valence-corrected chi connectivity index (χ3v) is 6.72. The summed E-state index contributed by atoms with van der Waals surface area (Å²) in [6.45, 7) is 10.1. The lowest BCUT2D eigenvalue weighted by atomic mass is 10.1. The average Bonchev–Trinajstić information content (AvgIpc) is 3.30. The number of thiophene rings is 1. The summed E-state index contributed by atoms with van der Waals surface area (Å²) in [7, 11) is 0. The molecule has 8 heteroatoms. The van der Waals surface area contributed by atoms with Crippen molar-refractivity contribution in [3.8, 4) is 0 Å². The van der Waals surface area contributed by atoms with Gasteiger partial charge in [-0.3, -0.25) is 9.89 Å². The van der Waals surface area contributed by atoms with Crippen LogP contribution in [0.4, 0.5) is 0 Å². The van der Waals surface area contributed by atoms with Gasteiger partial charge in [-0.25, -0.2) is 4.98 Å². The number of nitrogens with one attached hydrogen (secondary N) is 2. The van der Waals surface area contributed by atoms with Gasteiger partial charge in [-0.1, -0.05) is 6.92 Å². The quantitative estimate of drug-likeness (QED) is 0.318. The second kappa shape index (κ2) is 12.0. The summed E-state index contributed by atoms with van der Waals surface area (Å²) in [5.74, 6) is 0.910. The van der Waals surface area contributed by atoms with E-state index in [0.717, 1.165) is 58.1 Å². The molecule has 1 aliphatic heterocycles. The number of rotatable bonds is 8. The first-order valence-corrected chi connectivity index (χ1v) is 11.2. The van der Waals surface area contributed by atoms with Gasteiger partial charge in [-0.2, -0.15) is 0 Å². The highest BCUT2D eigenvalue weighted by Gasteiger charge is 2.16. The summed E-state index contributed by atoms with van der Waals surface area (Å²) in [6.07, 6.45) is 5.19. The Morgan fingerprint density at radius 2 is 2.22 bits per heavy atom. The Balaban J connectivity index is 0.00000261. The normalized spacial score (nSPS) is 14.5. The van der Waals surface area contributed by atoms with Gasteiger partial charge < -0.3 is 10.6 Å². The summed E-state index contributed by atoms with van der Waals surface area (Å²) < 4.78 is 0. The zero-order valence-corrected chi connectivity index (χ0v) is 20.1. The number of halogens is 1. The number of hydrogen-bond donors (Lipinski definition) is 2. The topological polar surface area (TPSA) is 52.6 Å². The van der Waals surface area contributed by atoms with Crippen LogP contribution in [0.1, 0.15) is 34.2 Å². The van der Waals surface area contributed by atoms with Crippen LogP contribution >= 0.6 is 46.7 Å². The Labute approximate surface area is 187 Å². The molecule has 0 spiro atoms. The van der Waals surface area contributed by atoms with Crippen molar-refractivity contribution in [3.63, 3.8) is 0 Å². The molecule has 2 N–H and O–H groups in total. The first-order chi connectivity index (χ1) is 12.8. The lowest BCUT2D eigenvalue weighted by Gasteiger charge is -2.26. The van der Waals surface area contributed by atoms with E-state index in [1.54, 1.807) is 4.88 Å². The van der Waals surface area contributed by atoms with Crippen LogP contribution in [0.15, 0.2) is 22.6 Å². The van der Waals surface area contributed by atoms with Crippen LogP contribution in [0.25, 0.3) is 0 Å². The molecule has 1 aliphatic rings. The predicted molar refractivity (Wildman–Crippen MR) is 128 cm³/mol. The highest BCUT2D eigenvalue weighted by molar-refractivity contribution is 14.0. The molecule has 0 radical (unpaired) electrons. The molecule has 0 amide bonds. The number of aromatic nitrogens is 1. The molecule has 0 atom stereocenters. The van der Waals surface area contributed by atoms with Crippen LogP contribution in [-0.2, 0) is 25.8 Å². The molecule has 0 aliphatic carbocycles. The molecule has 0 bridgehead atoms. The minimum atomic E-state index is 0. The van der Waals surface area contributed by atoms with Crippen LogP contribution in [0.2, 0.25) is 0 Å². The molecule has 2 aromatic rings. The molecule has 150 valence electrons. The van der Waals surface area contributed by atoms with Crippen LogP contribution in [-0.4, -0.2) is 48.6 Å². The Hall–Kier alpha value is -0.710. The van der Waals surface area contributed by atoms with Gasteiger partial charge in [0.15, 0.2) is 5.96 Å². The number of guanidine groups is 1. The molecule has 27 heavy (non-hydrogen) atoms. The van der Waals surface area contributed by atoms with Crippen LogP contribution in [0.5, 0.6) is 0 Å². The van der Waals surface area contributed by atoms with E-state index in [4.69, 9.17) is 4.99 Å². The van der Waals surface area contributed by atoms with E-state index in [1.807, 2.05) is 28.9 Å². The Bertz CT molecular complexity index is 713. The van der Waals surface area contributed by atoms with E-state index in [0.29, 0.717) is 0 Å². The molecule has 3 heterocycles. The number of hydrogen-bond acceptors (Lipinski definition) is 5. The maximum absolute atomic E-state index is 4.74. The summed E-state index contributed by atoms with van der Waals surface area (Å²) in [6, 6.07) is 2.27. The highest BCUT2D eigenvalue weighted by Crippen LogP contribution is 2.23. The van der Waals surface area contributed by atoms with Gasteiger partial charge >= 0.3 is 0 Å². The second-order valence-electron chi connectivity index (χ2n) is 6.41. The standard InChI is InChI=1S/C19H29N5S2.HI/c1-3-16-13-23-18(26-16)5-8-21-19(20-4-2)22-9-11-24-10-6-17-15(14-24)7-12-25-17;/h7,12-13H,3-6,8-11,14H2,1-2H3,(H2,20,21,22);1H. The third-order valence-electron chi connectivity index (χ3n) is 4.50. The second-order valence-corrected chi connectivity index (χ2v) is 8.61. The van der Waals surface area contributed by atoms with Crippen molar-refractivity contribution >= 4 is 52.6 Å². The van der Waals surface area contributed by atoms with Gasteiger partial charge in [-0.15, -0.1) is 46.7 Å². The van der Waals surface area contributed by atoms with Gasteiger partial charge in [0, 0.05) is 55.1 Å². The van der Waals surface area contributed by atoms with Gasteiger partial charge in [-0.05, 0) is 36.8 Å². The van der Waals surface area contributed by atoms with E-state index in [9.17, 15) is 0 Å². The van der Waals surface area contributed by atoms with Gasteiger partial charge in [0.05, 0.1) is 11.6 Å². The third kappa shape index (κ3) is 6.99. The fourth-order valence-electron chi connectivity index (χ4n) is 3.06. The highest BCUT2D eigenvalue weighted by atomic mass is 127. The molecule has 3 rings (SSSR count). The lowest BCUT2D eigenvalue weighted by molar-refractivity contribution is 0.263. The minimum absolute atomic E-state index is 0.